The SMILES string of the molecule is O=C(O)CCCCCNC(=O)c1cnns1. The fraction of sp³-hybridized carbons (Fsp3) is 0.556. The molecule has 0 spiro atoms. The van der Waals surface area contributed by atoms with Gasteiger partial charge in [0.15, 0.2) is 0 Å². The van der Waals surface area contributed by atoms with Gasteiger partial charge in [0, 0.05) is 13.0 Å². The van der Waals surface area contributed by atoms with Crippen molar-refractivity contribution in [3.05, 3.63) is 11.1 Å². The molecule has 0 radical (unpaired) electrons. The van der Waals surface area contributed by atoms with Crippen LogP contribution >= 0.6 is 11.5 Å². The summed E-state index contributed by atoms with van der Waals surface area (Å²) in [5, 5.41) is 14.7. The highest BCUT2D eigenvalue weighted by Gasteiger charge is 2.06. The summed E-state index contributed by atoms with van der Waals surface area (Å²) in [6.45, 7) is 0.552. The maximum atomic E-state index is 11.4. The Morgan fingerprint density at radius 1 is 1.38 bits per heavy atom. The molecule has 0 unspecified atom stereocenters. The van der Waals surface area contributed by atoms with E-state index in [1.165, 1.54) is 6.20 Å². The van der Waals surface area contributed by atoms with Crippen LogP contribution in [0, 0.1) is 0 Å². The lowest BCUT2D eigenvalue weighted by Gasteiger charge is -2.01. The Hall–Kier alpha value is -1.50. The molecule has 2 N–H and O–H groups in total. The van der Waals surface area contributed by atoms with E-state index < -0.39 is 5.97 Å². The molecule has 16 heavy (non-hydrogen) atoms. The van der Waals surface area contributed by atoms with Gasteiger partial charge in [0.25, 0.3) is 5.91 Å². The number of carbonyl (C=O) groups excluding carboxylic acids is 1. The third kappa shape index (κ3) is 4.83. The van der Waals surface area contributed by atoms with E-state index in [0.717, 1.165) is 24.4 Å². The number of nitrogens with one attached hydrogen (secondary N) is 1. The van der Waals surface area contributed by atoms with Gasteiger partial charge in [-0.05, 0) is 24.4 Å². The van der Waals surface area contributed by atoms with Gasteiger partial charge in [0.05, 0.1) is 6.20 Å². The summed E-state index contributed by atoms with van der Waals surface area (Å²) in [4.78, 5) is 22.1. The molecule has 1 amide bonds. The first-order valence-electron chi connectivity index (χ1n) is 4.97. The number of carbonyl (C=O) groups is 2. The average molecular weight is 243 g/mol. The zero-order valence-electron chi connectivity index (χ0n) is 8.68. The van der Waals surface area contributed by atoms with Gasteiger partial charge in [-0.3, -0.25) is 9.59 Å². The normalized spacial score (nSPS) is 10.0. The average Bonchev–Trinajstić information content (AvgIpc) is 2.75. The number of unbranched alkanes of at least 4 members (excludes halogenated alkanes) is 2. The molecule has 1 rings (SSSR count). The van der Waals surface area contributed by atoms with Crippen LogP contribution in [0.2, 0.25) is 0 Å². The lowest BCUT2D eigenvalue weighted by molar-refractivity contribution is -0.137. The molecule has 1 aromatic rings. The monoisotopic (exact) mass is 243 g/mol. The predicted octanol–water partition coefficient (Wildman–Crippen LogP) is 0.913. The minimum atomic E-state index is -0.778. The number of aromatic nitrogens is 2. The standard InChI is InChI=1S/C9H13N3O3S/c13-8(14)4-2-1-3-5-10-9(15)7-6-11-12-16-7/h6H,1-5H2,(H,10,15)(H,13,14). The topological polar surface area (TPSA) is 92.2 Å². The molecule has 88 valence electrons. The molecule has 0 bridgehead atoms. The molecule has 0 aromatic carbocycles. The number of aliphatic carboxylic acids is 1. The van der Waals surface area contributed by atoms with E-state index in [9.17, 15) is 9.59 Å². The van der Waals surface area contributed by atoms with Crippen molar-refractivity contribution in [3.63, 3.8) is 0 Å². The van der Waals surface area contributed by atoms with Crippen LogP contribution in [0.25, 0.3) is 0 Å². The minimum absolute atomic E-state index is 0.173. The van der Waals surface area contributed by atoms with Crippen molar-refractivity contribution in [3.8, 4) is 0 Å². The highest BCUT2D eigenvalue weighted by Crippen LogP contribution is 2.02. The van der Waals surface area contributed by atoms with Crippen molar-refractivity contribution in [2.24, 2.45) is 0 Å². The summed E-state index contributed by atoms with van der Waals surface area (Å²) in [5.41, 5.74) is 0. The van der Waals surface area contributed by atoms with Crippen molar-refractivity contribution in [1.29, 1.82) is 0 Å². The molecule has 0 saturated heterocycles. The Kier molecular flexibility index (Phi) is 5.41. The highest BCUT2D eigenvalue weighted by molar-refractivity contribution is 7.07. The molecule has 0 aliphatic heterocycles. The maximum absolute atomic E-state index is 11.4. The second-order valence-electron chi connectivity index (χ2n) is 3.24. The van der Waals surface area contributed by atoms with Crippen LogP contribution in [-0.4, -0.2) is 33.1 Å². The maximum Gasteiger partial charge on any atom is 0.303 e. The van der Waals surface area contributed by atoms with E-state index in [2.05, 4.69) is 14.9 Å². The molecule has 7 heteroatoms. The number of nitrogens with zero attached hydrogens (tertiary/aromatic N) is 2. The van der Waals surface area contributed by atoms with Crippen molar-refractivity contribution in [2.45, 2.75) is 25.7 Å². The van der Waals surface area contributed by atoms with Crippen molar-refractivity contribution in [2.75, 3.05) is 6.54 Å². The highest BCUT2D eigenvalue weighted by atomic mass is 32.1. The summed E-state index contributed by atoms with van der Waals surface area (Å²) in [6.07, 6.45) is 3.84. The number of amides is 1. The van der Waals surface area contributed by atoms with Gasteiger partial charge in [0.1, 0.15) is 4.88 Å². The molecule has 6 nitrogen and oxygen atoms in total. The van der Waals surface area contributed by atoms with E-state index in [4.69, 9.17) is 5.11 Å². The molecule has 1 aromatic heterocycles. The molecule has 0 fully saturated rings. The Balaban J connectivity index is 2.03. The van der Waals surface area contributed by atoms with Gasteiger partial charge >= 0.3 is 5.97 Å². The lowest BCUT2D eigenvalue weighted by Crippen LogP contribution is -2.23. The second kappa shape index (κ2) is 6.89. The van der Waals surface area contributed by atoms with Gasteiger partial charge in [-0.15, -0.1) is 5.10 Å². The summed E-state index contributed by atoms with van der Waals surface area (Å²) in [7, 11) is 0. The van der Waals surface area contributed by atoms with E-state index in [1.54, 1.807) is 0 Å². The quantitative estimate of drug-likeness (QED) is 0.694. The van der Waals surface area contributed by atoms with E-state index in [0.29, 0.717) is 17.8 Å². The van der Waals surface area contributed by atoms with Crippen LogP contribution in [0.4, 0.5) is 0 Å². The summed E-state index contributed by atoms with van der Waals surface area (Å²) < 4.78 is 3.59. The van der Waals surface area contributed by atoms with Crippen LogP contribution in [-0.2, 0) is 4.79 Å². The zero-order valence-corrected chi connectivity index (χ0v) is 9.50. The van der Waals surface area contributed by atoms with Gasteiger partial charge in [-0.1, -0.05) is 10.9 Å². The van der Waals surface area contributed by atoms with Crippen molar-refractivity contribution < 1.29 is 14.7 Å². The largest absolute Gasteiger partial charge is 0.481 e. The molecular weight excluding hydrogens is 230 g/mol. The predicted molar refractivity (Wildman–Crippen MR) is 58.3 cm³/mol. The third-order valence-corrected chi connectivity index (χ3v) is 2.60. The number of carboxylic acid groups (broad SMARTS) is 1. The van der Waals surface area contributed by atoms with E-state index >= 15 is 0 Å². The van der Waals surface area contributed by atoms with E-state index in [-0.39, 0.29) is 12.3 Å². The minimum Gasteiger partial charge on any atom is -0.481 e. The number of rotatable bonds is 7. The Morgan fingerprint density at radius 3 is 2.81 bits per heavy atom. The molecular formula is C9H13N3O3S. The molecule has 1 heterocycles. The first kappa shape index (κ1) is 12.6. The van der Waals surface area contributed by atoms with Crippen molar-refractivity contribution in [1.82, 2.24) is 14.9 Å². The van der Waals surface area contributed by atoms with Gasteiger partial charge < -0.3 is 10.4 Å². The number of hydrogen-bond donors (Lipinski definition) is 2. The smallest absolute Gasteiger partial charge is 0.303 e. The Morgan fingerprint density at radius 2 is 2.19 bits per heavy atom. The molecule has 0 aliphatic carbocycles. The number of hydrogen-bond acceptors (Lipinski definition) is 5. The van der Waals surface area contributed by atoms with Crippen LogP contribution < -0.4 is 5.32 Å². The first-order chi connectivity index (χ1) is 7.70. The second-order valence-corrected chi connectivity index (χ2v) is 4.03. The zero-order chi connectivity index (χ0) is 11.8. The van der Waals surface area contributed by atoms with Crippen LogP contribution in [0.15, 0.2) is 6.20 Å². The van der Waals surface area contributed by atoms with Gasteiger partial charge in [-0.2, -0.15) is 0 Å². The summed E-state index contributed by atoms with van der Waals surface area (Å²) in [6, 6.07) is 0. The first-order valence-corrected chi connectivity index (χ1v) is 5.75. The lowest BCUT2D eigenvalue weighted by atomic mass is 10.2. The molecule has 0 aliphatic rings. The fourth-order valence-electron chi connectivity index (χ4n) is 1.13. The van der Waals surface area contributed by atoms with Crippen LogP contribution in [0.5, 0.6) is 0 Å². The van der Waals surface area contributed by atoms with Crippen molar-refractivity contribution >= 4 is 23.4 Å². The Labute approximate surface area is 96.8 Å². The van der Waals surface area contributed by atoms with Gasteiger partial charge in [-0.25, -0.2) is 0 Å². The Bertz CT molecular complexity index is 340. The number of carboxylic acids is 1. The fourth-order valence-corrected chi connectivity index (χ4v) is 1.57. The molecule has 0 atom stereocenters. The summed E-state index contributed by atoms with van der Waals surface area (Å²) >= 11 is 1.05. The third-order valence-electron chi connectivity index (χ3n) is 1.94. The van der Waals surface area contributed by atoms with Gasteiger partial charge in [0.2, 0.25) is 0 Å². The van der Waals surface area contributed by atoms with Crippen LogP contribution in [0.1, 0.15) is 35.4 Å². The van der Waals surface area contributed by atoms with Crippen LogP contribution in [0.3, 0.4) is 0 Å². The van der Waals surface area contributed by atoms with E-state index in [1.807, 2.05) is 0 Å². The molecule has 0 saturated carbocycles. The summed E-state index contributed by atoms with van der Waals surface area (Å²) in [5.74, 6) is -0.951.